The van der Waals surface area contributed by atoms with Gasteiger partial charge in [-0.2, -0.15) is 0 Å². The van der Waals surface area contributed by atoms with E-state index >= 15 is 0 Å². The lowest BCUT2D eigenvalue weighted by Gasteiger charge is -2.29. The van der Waals surface area contributed by atoms with Gasteiger partial charge in [0, 0.05) is 47.1 Å². The second-order valence-electron chi connectivity index (χ2n) is 8.16. The Balaban J connectivity index is 1.31. The molecule has 2 heterocycles. The van der Waals surface area contributed by atoms with Gasteiger partial charge in [-0.1, -0.05) is 30.3 Å². The normalized spacial score (nSPS) is 19.1. The minimum absolute atomic E-state index is 0.0361. The van der Waals surface area contributed by atoms with Gasteiger partial charge in [0.25, 0.3) is 5.91 Å². The standard InChI is InChI=1S/C25H29N3O/c1-19-8-9-20(2)28(19)24-12-10-22(11-13-24)25(29)26-23-14-16-27(17-15-23)18-21-6-4-3-5-7-21/h3-13,23H,14-18H2,1-2H3,(H,26,29)/p+1. The molecular weight excluding hydrogens is 358 g/mol. The molecule has 0 radical (unpaired) electrons. The smallest absolute Gasteiger partial charge is 0.251 e. The van der Waals surface area contributed by atoms with Crippen LogP contribution in [-0.2, 0) is 6.54 Å². The molecule has 0 aliphatic carbocycles. The summed E-state index contributed by atoms with van der Waals surface area (Å²) in [5, 5.41) is 3.24. The van der Waals surface area contributed by atoms with Gasteiger partial charge in [-0.05, 0) is 50.2 Å². The number of nitrogens with one attached hydrogen (secondary N) is 2. The zero-order chi connectivity index (χ0) is 20.2. The number of piperidine rings is 1. The summed E-state index contributed by atoms with van der Waals surface area (Å²) in [5.74, 6) is 0.0361. The molecule has 0 unspecified atom stereocenters. The summed E-state index contributed by atoms with van der Waals surface area (Å²) in [6.07, 6.45) is 2.07. The topological polar surface area (TPSA) is 38.5 Å². The van der Waals surface area contributed by atoms with Gasteiger partial charge in [-0.15, -0.1) is 0 Å². The highest BCUT2D eigenvalue weighted by molar-refractivity contribution is 5.94. The molecule has 1 aromatic heterocycles. The van der Waals surface area contributed by atoms with Crippen LogP contribution in [-0.4, -0.2) is 29.6 Å². The molecule has 4 heteroatoms. The number of amides is 1. The fraction of sp³-hybridized carbons (Fsp3) is 0.320. The number of carbonyl (C=O) groups is 1. The van der Waals surface area contributed by atoms with E-state index in [0.29, 0.717) is 0 Å². The molecule has 3 aromatic rings. The highest BCUT2D eigenvalue weighted by atomic mass is 16.1. The first kappa shape index (κ1) is 19.5. The van der Waals surface area contributed by atoms with E-state index in [1.807, 2.05) is 24.3 Å². The average Bonchev–Trinajstić information content (AvgIpc) is 3.08. The Bertz CT molecular complexity index is 932. The highest BCUT2D eigenvalue weighted by Crippen LogP contribution is 2.17. The summed E-state index contributed by atoms with van der Waals surface area (Å²) in [7, 11) is 0. The third-order valence-corrected chi connectivity index (χ3v) is 5.98. The molecule has 1 amide bonds. The quantitative estimate of drug-likeness (QED) is 0.693. The van der Waals surface area contributed by atoms with Crippen LogP contribution in [0.5, 0.6) is 0 Å². The summed E-state index contributed by atoms with van der Waals surface area (Å²) >= 11 is 0. The number of hydrogen-bond acceptors (Lipinski definition) is 1. The van der Waals surface area contributed by atoms with Gasteiger partial charge in [0.15, 0.2) is 0 Å². The van der Waals surface area contributed by atoms with E-state index < -0.39 is 0 Å². The SMILES string of the molecule is Cc1ccc(C)n1-c1ccc(C(=O)NC2CC[NH+](Cc3ccccc3)CC2)cc1. The van der Waals surface area contributed by atoms with Crippen molar-refractivity contribution in [2.45, 2.75) is 39.3 Å². The number of rotatable bonds is 5. The number of quaternary nitrogens is 1. The van der Waals surface area contributed by atoms with Crippen molar-refractivity contribution in [1.82, 2.24) is 9.88 Å². The zero-order valence-corrected chi connectivity index (χ0v) is 17.3. The van der Waals surface area contributed by atoms with Gasteiger partial charge in [0.1, 0.15) is 6.54 Å². The van der Waals surface area contributed by atoms with Gasteiger partial charge < -0.3 is 14.8 Å². The lowest BCUT2D eigenvalue weighted by molar-refractivity contribution is -0.918. The first-order valence-electron chi connectivity index (χ1n) is 10.5. The van der Waals surface area contributed by atoms with Crippen LogP contribution in [0.4, 0.5) is 0 Å². The van der Waals surface area contributed by atoms with E-state index in [2.05, 4.69) is 66.2 Å². The van der Waals surface area contributed by atoms with Crippen LogP contribution < -0.4 is 10.2 Å². The maximum atomic E-state index is 12.7. The Labute approximate surface area is 173 Å². The number of likely N-dealkylation sites (tertiary alicyclic amines) is 1. The van der Waals surface area contributed by atoms with Crippen LogP contribution in [0, 0.1) is 13.8 Å². The molecule has 2 N–H and O–H groups in total. The van der Waals surface area contributed by atoms with Gasteiger partial charge in [-0.25, -0.2) is 0 Å². The minimum Gasteiger partial charge on any atom is -0.349 e. The Morgan fingerprint density at radius 1 is 0.931 bits per heavy atom. The van der Waals surface area contributed by atoms with Crippen molar-refractivity contribution >= 4 is 5.91 Å². The van der Waals surface area contributed by atoms with Gasteiger partial charge >= 0.3 is 0 Å². The third-order valence-electron chi connectivity index (χ3n) is 5.98. The van der Waals surface area contributed by atoms with Gasteiger partial charge in [-0.3, -0.25) is 4.79 Å². The summed E-state index contributed by atoms with van der Waals surface area (Å²) < 4.78 is 2.20. The zero-order valence-electron chi connectivity index (χ0n) is 17.3. The summed E-state index contributed by atoms with van der Waals surface area (Å²) in [6, 6.07) is 23.1. The van der Waals surface area contributed by atoms with E-state index in [9.17, 15) is 4.79 Å². The lowest BCUT2D eigenvalue weighted by atomic mass is 10.0. The number of aromatic nitrogens is 1. The van der Waals surface area contributed by atoms with Crippen LogP contribution in [0.25, 0.3) is 5.69 Å². The lowest BCUT2D eigenvalue weighted by Crippen LogP contribution is -3.12. The minimum atomic E-state index is 0.0361. The molecule has 0 saturated carbocycles. The van der Waals surface area contributed by atoms with Crippen LogP contribution in [0.1, 0.15) is 40.2 Å². The van der Waals surface area contributed by atoms with E-state index in [1.165, 1.54) is 17.0 Å². The summed E-state index contributed by atoms with van der Waals surface area (Å²) in [4.78, 5) is 14.3. The summed E-state index contributed by atoms with van der Waals surface area (Å²) in [6.45, 7) is 7.47. The predicted molar refractivity (Wildman–Crippen MR) is 117 cm³/mol. The molecule has 1 fully saturated rings. The Kier molecular flexibility index (Phi) is 5.81. The molecule has 4 nitrogen and oxygen atoms in total. The number of benzene rings is 2. The predicted octanol–water partition coefficient (Wildman–Crippen LogP) is 3.07. The van der Waals surface area contributed by atoms with Crippen molar-refractivity contribution in [2.24, 2.45) is 0 Å². The fourth-order valence-electron chi connectivity index (χ4n) is 4.34. The summed E-state index contributed by atoms with van der Waals surface area (Å²) in [5.41, 5.74) is 5.61. The number of hydrogen-bond donors (Lipinski definition) is 2. The van der Waals surface area contributed by atoms with Crippen LogP contribution in [0.3, 0.4) is 0 Å². The Morgan fingerprint density at radius 3 is 2.17 bits per heavy atom. The van der Waals surface area contributed by atoms with E-state index in [4.69, 9.17) is 0 Å². The van der Waals surface area contributed by atoms with Gasteiger partial charge in [0.2, 0.25) is 0 Å². The molecule has 2 aromatic carbocycles. The fourth-order valence-corrected chi connectivity index (χ4v) is 4.34. The number of aryl methyl sites for hydroxylation is 2. The maximum absolute atomic E-state index is 12.7. The third kappa shape index (κ3) is 4.60. The molecule has 1 saturated heterocycles. The van der Waals surface area contributed by atoms with Crippen molar-refractivity contribution in [2.75, 3.05) is 13.1 Å². The number of carbonyl (C=O) groups excluding carboxylic acids is 1. The van der Waals surface area contributed by atoms with Crippen LogP contribution in [0.15, 0.2) is 66.7 Å². The molecule has 0 spiro atoms. The van der Waals surface area contributed by atoms with Crippen molar-refractivity contribution in [3.8, 4) is 5.69 Å². The first-order valence-corrected chi connectivity index (χ1v) is 10.5. The Hall–Kier alpha value is -2.85. The monoisotopic (exact) mass is 388 g/mol. The van der Waals surface area contributed by atoms with Gasteiger partial charge in [0.05, 0.1) is 13.1 Å². The molecule has 0 atom stereocenters. The number of nitrogens with zero attached hydrogens (tertiary/aromatic N) is 1. The second kappa shape index (κ2) is 8.66. The van der Waals surface area contributed by atoms with Crippen LogP contribution >= 0.6 is 0 Å². The van der Waals surface area contributed by atoms with Crippen molar-refractivity contribution < 1.29 is 9.69 Å². The molecule has 1 aliphatic heterocycles. The molecular formula is C25H30N3O+. The first-order chi connectivity index (χ1) is 14.1. The van der Waals surface area contributed by atoms with Crippen molar-refractivity contribution in [1.29, 1.82) is 0 Å². The van der Waals surface area contributed by atoms with Crippen LogP contribution in [0.2, 0.25) is 0 Å². The van der Waals surface area contributed by atoms with Crippen molar-refractivity contribution in [3.05, 3.63) is 89.2 Å². The van der Waals surface area contributed by atoms with E-state index in [1.54, 1.807) is 4.90 Å². The molecule has 4 rings (SSSR count). The molecule has 29 heavy (non-hydrogen) atoms. The Morgan fingerprint density at radius 2 is 1.55 bits per heavy atom. The average molecular weight is 389 g/mol. The van der Waals surface area contributed by atoms with Crippen molar-refractivity contribution in [3.63, 3.8) is 0 Å². The van der Waals surface area contributed by atoms with E-state index in [-0.39, 0.29) is 11.9 Å². The molecule has 1 aliphatic rings. The molecule has 150 valence electrons. The largest absolute Gasteiger partial charge is 0.349 e. The maximum Gasteiger partial charge on any atom is 0.251 e. The molecule has 0 bridgehead atoms. The van der Waals surface area contributed by atoms with E-state index in [0.717, 1.165) is 43.7 Å². The second-order valence-corrected chi connectivity index (χ2v) is 8.16. The highest BCUT2D eigenvalue weighted by Gasteiger charge is 2.23.